The summed E-state index contributed by atoms with van der Waals surface area (Å²) >= 11 is 0. The van der Waals surface area contributed by atoms with Crippen LogP contribution in [0, 0.1) is 0 Å². The molecule has 0 aliphatic carbocycles. The smallest absolute Gasteiger partial charge is 0.226 e. The molecule has 0 radical (unpaired) electrons. The zero-order chi connectivity index (χ0) is 47.0. The van der Waals surface area contributed by atoms with E-state index in [-0.39, 0.29) is 30.5 Å². The SMILES string of the molecule is CCC(=O)N(c1ccccc1)C1CCN(CCc2ccc(-n3cc(CCO)nn3)cc2)CC1.CCC(=O)N(c1ccccc1)C1CCN(CCc2ccc(-n3cc(CN(C)C)nn3)cc2)CC1. The summed E-state index contributed by atoms with van der Waals surface area (Å²) < 4.78 is 3.58. The Bertz CT molecular complexity index is 2390. The lowest BCUT2D eigenvalue weighted by molar-refractivity contribution is -0.119. The number of hydrogen-bond acceptors (Lipinski definition) is 10. The van der Waals surface area contributed by atoms with Gasteiger partial charge in [-0.05, 0) is 112 Å². The quantitative estimate of drug-likeness (QED) is 0.0960. The maximum Gasteiger partial charge on any atom is 0.226 e. The van der Waals surface area contributed by atoms with E-state index < -0.39 is 0 Å². The van der Waals surface area contributed by atoms with E-state index in [4.69, 9.17) is 5.11 Å². The van der Waals surface area contributed by atoms with Crippen molar-refractivity contribution in [3.63, 3.8) is 0 Å². The van der Waals surface area contributed by atoms with Gasteiger partial charge in [-0.3, -0.25) is 9.59 Å². The lowest BCUT2D eigenvalue weighted by Crippen LogP contribution is -2.47. The van der Waals surface area contributed by atoms with E-state index in [0.717, 1.165) is 118 Å². The lowest BCUT2D eigenvalue weighted by atomic mass is 10.0. The summed E-state index contributed by atoms with van der Waals surface area (Å²) in [7, 11) is 4.06. The zero-order valence-electron chi connectivity index (χ0n) is 39.9. The highest BCUT2D eigenvalue weighted by Gasteiger charge is 2.29. The molecule has 0 unspecified atom stereocenters. The number of anilines is 2. The van der Waals surface area contributed by atoms with Gasteiger partial charge in [-0.2, -0.15) is 0 Å². The molecular formula is C53H69N11O3. The van der Waals surface area contributed by atoms with Crippen LogP contribution in [0.25, 0.3) is 11.4 Å². The molecule has 8 rings (SSSR count). The summed E-state index contributed by atoms with van der Waals surface area (Å²) in [6.07, 6.45) is 11.5. The molecule has 0 saturated carbocycles. The summed E-state index contributed by atoms with van der Waals surface area (Å²) in [6, 6.07) is 37.8. The van der Waals surface area contributed by atoms with Crippen LogP contribution in [0.15, 0.2) is 122 Å². The standard InChI is InChI=1S/C27H36N6O.C26H33N5O2/c1-4-27(34)33(25-8-6-5-7-9-25)26-15-18-31(19-16-26)17-14-22-10-12-24(13-11-22)32-21-23(28-29-32)20-30(2)3;1-2-26(33)31(24-6-4-3-5-7-24)25-13-17-29(18-14-25)16-12-21-8-10-23(11-9-21)30-20-22(15-19-32)27-28-30/h5-13,21,26H,4,14-20H2,1-3H3;3-11,20,25,32H,2,12-19H2,1H3. The Kier molecular flexibility index (Phi) is 18.0. The molecule has 1 N–H and O–H groups in total. The fourth-order valence-corrected chi connectivity index (χ4v) is 9.12. The third-order valence-electron chi connectivity index (χ3n) is 12.8. The number of hydrogen-bond donors (Lipinski definition) is 1. The van der Waals surface area contributed by atoms with Crippen LogP contribution in [-0.4, -0.2) is 134 Å². The van der Waals surface area contributed by atoms with Crippen molar-refractivity contribution in [1.29, 1.82) is 0 Å². The lowest BCUT2D eigenvalue weighted by Gasteiger charge is -2.38. The van der Waals surface area contributed by atoms with Gasteiger partial charge in [-0.1, -0.05) is 84.9 Å². The molecule has 2 fully saturated rings. The molecule has 4 aromatic carbocycles. The molecule has 4 heterocycles. The van der Waals surface area contributed by atoms with E-state index in [1.165, 1.54) is 11.1 Å². The molecule has 2 amide bonds. The van der Waals surface area contributed by atoms with Gasteiger partial charge < -0.3 is 29.6 Å². The molecule has 67 heavy (non-hydrogen) atoms. The van der Waals surface area contributed by atoms with Gasteiger partial charge in [0.25, 0.3) is 0 Å². The Morgan fingerprint density at radius 2 is 0.970 bits per heavy atom. The third kappa shape index (κ3) is 13.8. The second-order valence-corrected chi connectivity index (χ2v) is 17.9. The first-order valence-corrected chi connectivity index (χ1v) is 24.2. The Morgan fingerprint density at radius 1 is 0.567 bits per heavy atom. The molecule has 0 spiro atoms. The molecule has 2 aliphatic rings. The number of nitrogens with zero attached hydrogens (tertiary/aromatic N) is 11. The van der Waals surface area contributed by atoms with Crippen molar-refractivity contribution >= 4 is 23.2 Å². The summed E-state index contributed by atoms with van der Waals surface area (Å²) in [5.41, 5.74) is 8.41. The highest BCUT2D eigenvalue weighted by molar-refractivity contribution is 5.94. The van der Waals surface area contributed by atoms with Crippen molar-refractivity contribution in [2.24, 2.45) is 0 Å². The van der Waals surface area contributed by atoms with Crippen LogP contribution in [0.2, 0.25) is 0 Å². The number of amides is 2. The number of likely N-dealkylation sites (tertiary alicyclic amines) is 2. The van der Waals surface area contributed by atoms with E-state index in [9.17, 15) is 9.59 Å². The number of rotatable bonds is 18. The van der Waals surface area contributed by atoms with Crippen LogP contribution in [0.3, 0.4) is 0 Å². The van der Waals surface area contributed by atoms with Crippen LogP contribution >= 0.6 is 0 Å². The number of aromatic nitrogens is 6. The molecule has 354 valence electrons. The third-order valence-corrected chi connectivity index (χ3v) is 12.8. The highest BCUT2D eigenvalue weighted by atomic mass is 16.3. The van der Waals surface area contributed by atoms with Crippen LogP contribution in [-0.2, 0) is 35.4 Å². The Hall–Kier alpha value is -6.06. The van der Waals surface area contributed by atoms with Crippen molar-refractivity contribution in [3.8, 4) is 11.4 Å². The molecule has 14 heteroatoms. The van der Waals surface area contributed by atoms with E-state index in [2.05, 4.69) is 83.9 Å². The minimum absolute atomic E-state index is 0.0775. The molecule has 2 aliphatic heterocycles. The zero-order valence-corrected chi connectivity index (χ0v) is 39.9. The second-order valence-electron chi connectivity index (χ2n) is 17.9. The first-order valence-electron chi connectivity index (χ1n) is 24.2. The average molecular weight is 908 g/mol. The van der Waals surface area contributed by atoms with Gasteiger partial charge in [0, 0.05) is 95.1 Å². The van der Waals surface area contributed by atoms with E-state index >= 15 is 0 Å². The molecule has 6 aromatic rings. The number of benzene rings is 4. The Morgan fingerprint density at radius 3 is 1.36 bits per heavy atom. The summed E-state index contributed by atoms with van der Waals surface area (Å²) in [5.74, 6) is 0.418. The summed E-state index contributed by atoms with van der Waals surface area (Å²) in [6.45, 7) is 10.9. The van der Waals surface area contributed by atoms with Crippen molar-refractivity contribution in [3.05, 3.63) is 144 Å². The topological polar surface area (TPSA) is 132 Å². The number of aliphatic hydroxyl groups excluding tert-OH is 1. The minimum atomic E-state index is 0.0775. The average Bonchev–Trinajstić information content (AvgIpc) is 4.05. The first kappa shape index (κ1) is 48.9. The highest BCUT2D eigenvalue weighted by Crippen LogP contribution is 2.27. The number of aliphatic hydroxyl groups is 1. The molecular weight excluding hydrogens is 839 g/mol. The number of carbonyl (C=O) groups excluding carboxylic acids is 2. The Balaban J connectivity index is 0.000000199. The van der Waals surface area contributed by atoms with Crippen molar-refractivity contribution in [2.75, 3.05) is 69.8 Å². The van der Waals surface area contributed by atoms with Crippen molar-refractivity contribution < 1.29 is 14.7 Å². The van der Waals surface area contributed by atoms with Crippen molar-refractivity contribution in [1.82, 2.24) is 44.7 Å². The van der Waals surface area contributed by atoms with Gasteiger partial charge in [0.05, 0.1) is 35.2 Å². The maximum absolute atomic E-state index is 12.7. The predicted octanol–water partition coefficient (Wildman–Crippen LogP) is 7.03. The molecule has 14 nitrogen and oxygen atoms in total. The minimum Gasteiger partial charge on any atom is -0.396 e. The van der Waals surface area contributed by atoms with Crippen LogP contribution in [0.4, 0.5) is 11.4 Å². The number of para-hydroxylation sites is 2. The van der Waals surface area contributed by atoms with E-state index in [1.807, 2.05) is 115 Å². The Labute approximate surface area is 396 Å². The van der Waals surface area contributed by atoms with Gasteiger partial charge in [0.1, 0.15) is 0 Å². The number of carbonyl (C=O) groups is 2. The van der Waals surface area contributed by atoms with Gasteiger partial charge in [0.2, 0.25) is 11.8 Å². The van der Waals surface area contributed by atoms with Crippen molar-refractivity contribution in [2.45, 2.75) is 90.3 Å². The molecule has 2 saturated heterocycles. The fourth-order valence-electron chi connectivity index (χ4n) is 9.12. The molecule has 0 atom stereocenters. The molecule has 2 aromatic heterocycles. The second kappa shape index (κ2) is 24.6. The van der Waals surface area contributed by atoms with Gasteiger partial charge in [0.15, 0.2) is 0 Å². The van der Waals surface area contributed by atoms with Gasteiger partial charge in [-0.15, -0.1) is 10.2 Å². The predicted molar refractivity (Wildman–Crippen MR) is 266 cm³/mol. The maximum atomic E-state index is 12.7. The fraction of sp³-hybridized carbons (Fsp3) is 0.434. The first-order chi connectivity index (χ1) is 32.7. The normalized spacial score (nSPS) is 15.0. The summed E-state index contributed by atoms with van der Waals surface area (Å²) in [4.78, 5) is 36.5. The van der Waals surface area contributed by atoms with Crippen LogP contribution < -0.4 is 9.80 Å². The van der Waals surface area contributed by atoms with Crippen LogP contribution in [0.1, 0.15) is 74.9 Å². The summed E-state index contributed by atoms with van der Waals surface area (Å²) in [5, 5.41) is 25.7. The number of piperidine rings is 2. The van der Waals surface area contributed by atoms with Gasteiger partial charge in [-0.25, -0.2) is 9.36 Å². The largest absolute Gasteiger partial charge is 0.396 e. The van der Waals surface area contributed by atoms with E-state index in [1.54, 1.807) is 4.68 Å². The molecule has 0 bridgehead atoms. The van der Waals surface area contributed by atoms with E-state index in [0.29, 0.717) is 19.3 Å². The van der Waals surface area contributed by atoms with Crippen LogP contribution in [0.5, 0.6) is 0 Å². The monoisotopic (exact) mass is 908 g/mol. The van der Waals surface area contributed by atoms with Gasteiger partial charge >= 0.3 is 0 Å².